The summed E-state index contributed by atoms with van der Waals surface area (Å²) in [5.74, 6) is 0.456. The third-order valence-corrected chi connectivity index (χ3v) is 5.08. The Labute approximate surface area is 162 Å². The van der Waals surface area contributed by atoms with E-state index in [2.05, 4.69) is 21.2 Å². The lowest BCUT2D eigenvalue weighted by molar-refractivity contribution is -0.385. The predicted octanol–water partition coefficient (Wildman–Crippen LogP) is 4.72. The van der Waals surface area contributed by atoms with Gasteiger partial charge in [-0.3, -0.25) is 14.9 Å². The summed E-state index contributed by atoms with van der Waals surface area (Å²) in [6, 6.07) is 15.6. The van der Waals surface area contributed by atoms with E-state index < -0.39 is 11.1 Å². The molecule has 2 heterocycles. The summed E-state index contributed by atoms with van der Waals surface area (Å²) >= 11 is 3.20. The molecule has 1 aliphatic rings. The maximum atomic E-state index is 13.1. The molecule has 0 aliphatic carbocycles. The summed E-state index contributed by atoms with van der Waals surface area (Å²) in [6.07, 6.45) is 0.981. The van der Waals surface area contributed by atoms with Crippen LogP contribution in [0.1, 0.15) is 27.8 Å². The number of anilines is 1. The van der Waals surface area contributed by atoms with Crippen molar-refractivity contribution in [1.29, 1.82) is 0 Å². The minimum absolute atomic E-state index is 0.0569. The molecule has 1 aliphatic heterocycles. The van der Waals surface area contributed by atoms with Gasteiger partial charge in [0.15, 0.2) is 0 Å². The number of hydrogen-bond donors (Lipinski definition) is 1. The lowest BCUT2D eigenvalue weighted by Crippen LogP contribution is -2.42. The van der Waals surface area contributed by atoms with Gasteiger partial charge in [0.25, 0.3) is 11.6 Å². The minimum Gasteiger partial charge on any atom is -0.467 e. The molecule has 0 bridgehead atoms. The zero-order chi connectivity index (χ0) is 19.0. The number of nitro benzene ring substituents is 1. The minimum atomic E-state index is -0.565. The maximum Gasteiger partial charge on any atom is 0.283 e. The third-order valence-electron chi connectivity index (χ3n) is 4.41. The highest BCUT2D eigenvalue weighted by molar-refractivity contribution is 9.10. The molecule has 3 aromatic rings. The van der Waals surface area contributed by atoms with Crippen molar-refractivity contribution >= 4 is 33.2 Å². The Bertz CT molecular complexity index is 1020. The Balaban J connectivity index is 1.79. The van der Waals surface area contributed by atoms with Gasteiger partial charge in [-0.2, -0.15) is 0 Å². The number of amides is 1. The summed E-state index contributed by atoms with van der Waals surface area (Å²) in [5, 5.41) is 14.6. The van der Waals surface area contributed by atoms with E-state index in [0.717, 1.165) is 0 Å². The van der Waals surface area contributed by atoms with Crippen LogP contribution in [0, 0.1) is 10.1 Å². The van der Waals surface area contributed by atoms with Gasteiger partial charge in [-0.15, -0.1) is 0 Å². The number of rotatable bonds is 4. The number of hydrogen-bond acceptors (Lipinski definition) is 5. The van der Waals surface area contributed by atoms with E-state index in [1.54, 1.807) is 47.6 Å². The van der Waals surface area contributed by atoms with Crippen LogP contribution in [0.25, 0.3) is 0 Å². The molecule has 0 saturated carbocycles. The molecule has 1 aromatic heterocycles. The Hall–Kier alpha value is -3.13. The van der Waals surface area contributed by atoms with E-state index in [9.17, 15) is 14.9 Å². The van der Waals surface area contributed by atoms with E-state index in [-0.39, 0.29) is 18.1 Å². The van der Waals surface area contributed by atoms with Gasteiger partial charge in [-0.05, 0) is 46.3 Å². The summed E-state index contributed by atoms with van der Waals surface area (Å²) in [7, 11) is 0. The Kier molecular flexibility index (Phi) is 4.41. The average Bonchev–Trinajstić information content (AvgIpc) is 3.17. The molecule has 136 valence electrons. The number of furan rings is 1. The van der Waals surface area contributed by atoms with Crippen molar-refractivity contribution in [3.63, 3.8) is 0 Å². The first-order valence-electron chi connectivity index (χ1n) is 8.17. The van der Waals surface area contributed by atoms with E-state index in [0.29, 0.717) is 27.0 Å². The summed E-state index contributed by atoms with van der Waals surface area (Å²) in [4.78, 5) is 25.6. The van der Waals surface area contributed by atoms with Gasteiger partial charge in [0, 0.05) is 17.3 Å². The highest BCUT2D eigenvalue weighted by atomic mass is 79.9. The number of fused-ring (bicyclic) bond motifs is 1. The molecule has 1 amide bonds. The molecule has 4 rings (SSSR count). The van der Waals surface area contributed by atoms with Crippen molar-refractivity contribution in [3.05, 3.63) is 92.3 Å². The van der Waals surface area contributed by atoms with Crippen molar-refractivity contribution in [1.82, 2.24) is 4.90 Å². The normalized spacial score (nSPS) is 16.0. The first-order valence-corrected chi connectivity index (χ1v) is 8.96. The van der Waals surface area contributed by atoms with Gasteiger partial charge in [0.2, 0.25) is 0 Å². The van der Waals surface area contributed by atoms with Crippen LogP contribution in [-0.2, 0) is 6.54 Å². The quantitative estimate of drug-likeness (QED) is 0.480. The van der Waals surface area contributed by atoms with E-state index in [1.165, 1.54) is 6.07 Å². The van der Waals surface area contributed by atoms with Gasteiger partial charge >= 0.3 is 0 Å². The molecule has 1 unspecified atom stereocenters. The summed E-state index contributed by atoms with van der Waals surface area (Å²) < 4.78 is 5.79. The Morgan fingerprint density at radius 2 is 2.00 bits per heavy atom. The predicted molar refractivity (Wildman–Crippen MR) is 102 cm³/mol. The molecule has 27 heavy (non-hydrogen) atoms. The van der Waals surface area contributed by atoms with E-state index >= 15 is 0 Å². The standard InChI is InChI=1S/C19H14BrN3O4/c20-15-8-7-12(10-17(15)23(25)26)18-21-16-6-2-1-5-14(16)19(24)22(18)11-13-4-3-9-27-13/h1-10,18,21H,11H2. The fourth-order valence-corrected chi connectivity index (χ4v) is 3.52. The molecule has 2 aromatic carbocycles. The molecule has 0 fully saturated rings. The van der Waals surface area contributed by atoms with Gasteiger partial charge < -0.3 is 14.6 Å². The fourth-order valence-electron chi connectivity index (χ4n) is 3.13. The van der Waals surface area contributed by atoms with Crippen molar-refractivity contribution in [3.8, 4) is 0 Å². The summed E-state index contributed by atoms with van der Waals surface area (Å²) in [6.45, 7) is 0.238. The highest BCUT2D eigenvalue weighted by Crippen LogP contribution is 2.36. The second-order valence-electron chi connectivity index (χ2n) is 6.07. The van der Waals surface area contributed by atoms with Crippen LogP contribution in [0.15, 0.2) is 69.8 Å². The Morgan fingerprint density at radius 1 is 1.19 bits per heavy atom. The number of carbonyl (C=O) groups is 1. The monoisotopic (exact) mass is 427 g/mol. The molecule has 0 saturated heterocycles. The first-order chi connectivity index (χ1) is 13.0. The number of halogens is 1. The van der Waals surface area contributed by atoms with Gasteiger partial charge in [-0.25, -0.2) is 0 Å². The number of benzene rings is 2. The van der Waals surface area contributed by atoms with Crippen LogP contribution >= 0.6 is 15.9 Å². The number of nitro groups is 1. The number of carbonyl (C=O) groups excluding carboxylic acids is 1. The second-order valence-corrected chi connectivity index (χ2v) is 6.93. The first kappa shape index (κ1) is 17.3. The lowest BCUT2D eigenvalue weighted by Gasteiger charge is -2.37. The van der Waals surface area contributed by atoms with E-state index in [1.807, 2.05) is 12.1 Å². The lowest BCUT2D eigenvalue weighted by atomic mass is 10.0. The second kappa shape index (κ2) is 6.88. The molecular formula is C19H14BrN3O4. The van der Waals surface area contributed by atoms with Crippen LogP contribution < -0.4 is 5.32 Å². The van der Waals surface area contributed by atoms with Crippen LogP contribution in [0.5, 0.6) is 0 Å². The van der Waals surface area contributed by atoms with Gasteiger partial charge in [-0.1, -0.05) is 18.2 Å². The summed E-state index contributed by atoms with van der Waals surface area (Å²) in [5.41, 5.74) is 1.79. The van der Waals surface area contributed by atoms with Gasteiger partial charge in [0.05, 0.1) is 27.8 Å². The molecule has 8 heteroatoms. The fraction of sp³-hybridized carbons (Fsp3) is 0.105. The largest absolute Gasteiger partial charge is 0.467 e. The zero-order valence-corrected chi connectivity index (χ0v) is 15.5. The number of nitrogens with zero attached hydrogens (tertiary/aromatic N) is 2. The van der Waals surface area contributed by atoms with E-state index in [4.69, 9.17) is 4.42 Å². The van der Waals surface area contributed by atoms with Crippen molar-refractivity contribution in [2.45, 2.75) is 12.7 Å². The topological polar surface area (TPSA) is 88.6 Å². The molecule has 7 nitrogen and oxygen atoms in total. The Morgan fingerprint density at radius 3 is 2.74 bits per heavy atom. The SMILES string of the molecule is O=C1c2ccccc2NC(c2ccc(Br)c([N+](=O)[O-])c2)N1Cc1ccco1. The van der Waals surface area contributed by atoms with Crippen LogP contribution in [0.2, 0.25) is 0 Å². The third kappa shape index (κ3) is 3.19. The van der Waals surface area contributed by atoms with Crippen molar-refractivity contribution in [2.24, 2.45) is 0 Å². The van der Waals surface area contributed by atoms with Crippen molar-refractivity contribution in [2.75, 3.05) is 5.32 Å². The van der Waals surface area contributed by atoms with Crippen molar-refractivity contribution < 1.29 is 14.1 Å². The zero-order valence-electron chi connectivity index (χ0n) is 14.0. The molecular weight excluding hydrogens is 414 g/mol. The smallest absolute Gasteiger partial charge is 0.283 e. The molecule has 0 spiro atoms. The average molecular weight is 428 g/mol. The maximum absolute atomic E-state index is 13.1. The molecule has 0 radical (unpaired) electrons. The number of nitrogens with one attached hydrogen (secondary N) is 1. The molecule has 1 atom stereocenters. The highest BCUT2D eigenvalue weighted by Gasteiger charge is 2.34. The van der Waals surface area contributed by atoms with Crippen LogP contribution in [-0.4, -0.2) is 15.7 Å². The van der Waals surface area contributed by atoms with Crippen LogP contribution in [0.3, 0.4) is 0 Å². The molecule has 1 N–H and O–H groups in total. The van der Waals surface area contributed by atoms with Gasteiger partial charge in [0.1, 0.15) is 11.9 Å². The number of para-hydroxylation sites is 1. The van der Waals surface area contributed by atoms with Crippen LogP contribution in [0.4, 0.5) is 11.4 Å².